The Morgan fingerprint density at radius 3 is 2.65 bits per heavy atom. The van der Waals surface area contributed by atoms with Gasteiger partial charge in [-0.2, -0.15) is 4.31 Å². The van der Waals surface area contributed by atoms with Crippen LogP contribution in [0, 0.1) is 6.92 Å². The van der Waals surface area contributed by atoms with E-state index in [1.165, 1.54) is 25.2 Å². The maximum Gasteiger partial charge on any atom is 0.244 e. The second-order valence-corrected chi connectivity index (χ2v) is 7.04. The average molecular weight is 335 g/mol. The van der Waals surface area contributed by atoms with Crippen LogP contribution in [0.1, 0.15) is 11.5 Å². The molecule has 8 heteroatoms. The third-order valence-corrected chi connectivity index (χ3v) is 5.44. The molecule has 2 rings (SSSR count). The molecule has 1 heterocycles. The Hall–Kier alpha value is -1.08. The molecule has 0 N–H and O–H groups in total. The highest BCUT2D eigenvalue weighted by molar-refractivity contribution is 7.89. The van der Waals surface area contributed by atoms with Gasteiger partial charge in [-0.1, -0.05) is 34.4 Å². The van der Waals surface area contributed by atoms with E-state index in [1.54, 1.807) is 13.0 Å². The maximum atomic E-state index is 12.4. The third kappa shape index (κ3) is 2.98. The highest BCUT2D eigenvalue weighted by Crippen LogP contribution is 2.30. The molecule has 0 aliphatic heterocycles. The zero-order valence-electron chi connectivity index (χ0n) is 10.8. The number of sulfonamides is 1. The minimum absolute atomic E-state index is 0.0114. The van der Waals surface area contributed by atoms with Gasteiger partial charge in [0.05, 0.1) is 22.3 Å². The Kier molecular flexibility index (Phi) is 4.39. The highest BCUT2D eigenvalue weighted by atomic mass is 35.5. The van der Waals surface area contributed by atoms with Crippen LogP contribution in [0.25, 0.3) is 0 Å². The summed E-state index contributed by atoms with van der Waals surface area (Å²) in [5.41, 5.74) is 0.520. The number of aryl methyl sites for hydroxylation is 1. The Balaban J connectivity index is 2.32. The van der Waals surface area contributed by atoms with Crippen LogP contribution in [0.5, 0.6) is 0 Å². The monoisotopic (exact) mass is 334 g/mol. The van der Waals surface area contributed by atoms with Crippen LogP contribution in [0.2, 0.25) is 10.0 Å². The van der Waals surface area contributed by atoms with E-state index >= 15 is 0 Å². The quantitative estimate of drug-likeness (QED) is 0.861. The van der Waals surface area contributed by atoms with Crippen molar-refractivity contribution >= 4 is 33.2 Å². The van der Waals surface area contributed by atoms with E-state index in [2.05, 4.69) is 5.16 Å². The van der Waals surface area contributed by atoms with Crippen molar-refractivity contribution in [3.05, 3.63) is 45.8 Å². The lowest BCUT2D eigenvalue weighted by Gasteiger charge is -2.17. The number of benzene rings is 1. The van der Waals surface area contributed by atoms with Gasteiger partial charge in [-0.3, -0.25) is 0 Å². The van der Waals surface area contributed by atoms with Gasteiger partial charge in [0.1, 0.15) is 10.7 Å². The van der Waals surface area contributed by atoms with Crippen molar-refractivity contribution in [1.29, 1.82) is 0 Å². The van der Waals surface area contributed by atoms with Gasteiger partial charge >= 0.3 is 0 Å². The zero-order valence-corrected chi connectivity index (χ0v) is 13.1. The first-order chi connectivity index (χ1) is 9.32. The van der Waals surface area contributed by atoms with E-state index in [0.717, 1.165) is 4.31 Å². The molecule has 1 aromatic carbocycles. The summed E-state index contributed by atoms with van der Waals surface area (Å²) in [7, 11) is -2.30. The second-order valence-electron chi connectivity index (χ2n) is 4.24. The molecule has 1 aromatic heterocycles. The first kappa shape index (κ1) is 15.3. The minimum Gasteiger partial charge on any atom is -0.361 e. The molecule has 20 heavy (non-hydrogen) atoms. The summed E-state index contributed by atoms with van der Waals surface area (Å²) in [5.74, 6) is 0.617. The third-order valence-electron chi connectivity index (χ3n) is 2.67. The van der Waals surface area contributed by atoms with Crippen molar-refractivity contribution in [2.75, 3.05) is 7.05 Å². The molecule has 0 radical (unpaired) electrons. The predicted molar refractivity (Wildman–Crippen MR) is 76.4 cm³/mol. The van der Waals surface area contributed by atoms with E-state index in [1.807, 2.05) is 0 Å². The lowest BCUT2D eigenvalue weighted by atomic mass is 10.4. The Labute approximate surface area is 127 Å². The van der Waals surface area contributed by atoms with E-state index in [9.17, 15) is 8.42 Å². The van der Waals surface area contributed by atoms with Crippen molar-refractivity contribution < 1.29 is 12.9 Å². The fourth-order valence-corrected chi connectivity index (χ4v) is 3.53. The molecular formula is C12H12Cl2N2O3S. The van der Waals surface area contributed by atoms with E-state index < -0.39 is 10.0 Å². The molecule has 0 unspecified atom stereocenters. The van der Waals surface area contributed by atoms with E-state index in [0.29, 0.717) is 11.5 Å². The lowest BCUT2D eigenvalue weighted by molar-refractivity contribution is 0.378. The van der Waals surface area contributed by atoms with Crippen molar-refractivity contribution in [2.45, 2.75) is 18.4 Å². The summed E-state index contributed by atoms with van der Waals surface area (Å²) in [6, 6.07) is 6.15. The molecule has 2 aromatic rings. The molecule has 0 atom stereocenters. The van der Waals surface area contributed by atoms with Crippen LogP contribution in [0.15, 0.2) is 33.7 Å². The number of aromatic nitrogens is 1. The zero-order chi connectivity index (χ0) is 14.9. The molecule has 0 fully saturated rings. The molecular weight excluding hydrogens is 323 g/mol. The standard InChI is InChI=1S/C12H12Cl2N2O3S/c1-8-6-9(15-19-8)7-16(2)20(17,18)11-5-3-4-10(13)12(11)14/h3-6H,7H2,1-2H3. The molecule has 0 aliphatic carbocycles. The van der Waals surface area contributed by atoms with Gasteiger partial charge in [-0.25, -0.2) is 8.42 Å². The van der Waals surface area contributed by atoms with Crippen LogP contribution in [0.3, 0.4) is 0 Å². The largest absolute Gasteiger partial charge is 0.361 e. The van der Waals surface area contributed by atoms with Crippen molar-refractivity contribution in [3.63, 3.8) is 0 Å². The average Bonchev–Trinajstić information content (AvgIpc) is 2.78. The van der Waals surface area contributed by atoms with Crippen molar-refractivity contribution in [2.24, 2.45) is 0 Å². The topological polar surface area (TPSA) is 63.4 Å². The second kappa shape index (κ2) is 5.73. The summed E-state index contributed by atoms with van der Waals surface area (Å²) in [5, 5.41) is 3.97. The first-order valence-corrected chi connectivity index (χ1v) is 7.84. The molecule has 108 valence electrons. The van der Waals surface area contributed by atoms with Crippen LogP contribution >= 0.6 is 23.2 Å². The van der Waals surface area contributed by atoms with Gasteiger partial charge in [0.25, 0.3) is 0 Å². The molecule has 0 saturated carbocycles. The Morgan fingerprint density at radius 1 is 1.35 bits per heavy atom. The summed E-state index contributed by atoms with van der Waals surface area (Å²) < 4.78 is 30.9. The Morgan fingerprint density at radius 2 is 2.05 bits per heavy atom. The van der Waals surface area contributed by atoms with E-state index in [4.69, 9.17) is 27.7 Å². The van der Waals surface area contributed by atoms with Gasteiger partial charge in [-0.15, -0.1) is 0 Å². The fourth-order valence-electron chi connectivity index (χ4n) is 1.66. The SMILES string of the molecule is Cc1cc(CN(C)S(=O)(=O)c2cccc(Cl)c2Cl)no1. The van der Waals surface area contributed by atoms with Gasteiger partial charge < -0.3 is 4.52 Å². The molecule has 0 aliphatic rings. The van der Waals surface area contributed by atoms with Gasteiger partial charge in [-0.05, 0) is 19.1 Å². The lowest BCUT2D eigenvalue weighted by Crippen LogP contribution is -2.27. The smallest absolute Gasteiger partial charge is 0.244 e. The van der Waals surface area contributed by atoms with Crippen LogP contribution < -0.4 is 0 Å². The molecule has 0 bridgehead atoms. The summed E-state index contributed by atoms with van der Waals surface area (Å²) in [6.07, 6.45) is 0. The molecule has 5 nitrogen and oxygen atoms in total. The molecule has 0 spiro atoms. The van der Waals surface area contributed by atoms with Crippen LogP contribution in [-0.4, -0.2) is 24.9 Å². The number of hydrogen-bond acceptors (Lipinski definition) is 4. The maximum absolute atomic E-state index is 12.4. The fraction of sp³-hybridized carbons (Fsp3) is 0.250. The minimum atomic E-state index is -3.75. The predicted octanol–water partition coefficient (Wildman–Crippen LogP) is 3.11. The summed E-state index contributed by atoms with van der Waals surface area (Å²) >= 11 is 11.8. The number of hydrogen-bond donors (Lipinski definition) is 0. The van der Waals surface area contributed by atoms with Crippen molar-refractivity contribution in [1.82, 2.24) is 9.46 Å². The van der Waals surface area contributed by atoms with Gasteiger partial charge in [0.2, 0.25) is 10.0 Å². The summed E-state index contributed by atoms with van der Waals surface area (Å²) in [6.45, 7) is 1.82. The molecule has 0 amide bonds. The molecule has 0 saturated heterocycles. The first-order valence-electron chi connectivity index (χ1n) is 5.65. The number of rotatable bonds is 4. The number of halogens is 2. The van der Waals surface area contributed by atoms with Crippen LogP contribution in [-0.2, 0) is 16.6 Å². The highest BCUT2D eigenvalue weighted by Gasteiger charge is 2.25. The van der Waals surface area contributed by atoms with Gasteiger partial charge in [0, 0.05) is 13.1 Å². The van der Waals surface area contributed by atoms with Crippen LogP contribution in [0.4, 0.5) is 0 Å². The number of nitrogens with zero attached hydrogens (tertiary/aromatic N) is 2. The van der Waals surface area contributed by atoms with E-state index in [-0.39, 0.29) is 21.5 Å². The summed E-state index contributed by atoms with van der Waals surface area (Å²) in [4.78, 5) is -0.0330. The Bertz CT molecular complexity index is 728. The normalized spacial score (nSPS) is 12.1. The van der Waals surface area contributed by atoms with Crippen molar-refractivity contribution in [3.8, 4) is 0 Å². The van der Waals surface area contributed by atoms with Gasteiger partial charge in [0.15, 0.2) is 0 Å².